The van der Waals surface area contributed by atoms with Crippen LogP contribution in [0, 0.1) is 25.2 Å². The molecule has 0 aromatic carbocycles. The van der Waals surface area contributed by atoms with Crippen LogP contribution in [0.25, 0.3) is 0 Å². The summed E-state index contributed by atoms with van der Waals surface area (Å²) in [6.07, 6.45) is 0.882. The van der Waals surface area contributed by atoms with Crippen LogP contribution in [0.4, 0.5) is 0 Å². The van der Waals surface area contributed by atoms with Crippen molar-refractivity contribution in [2.75, 3.05) is 0 Å². The quantitative estimate of drug-likeness (QED) is 0.512. The van der Waals surface area contributed by atoms with Gasteiger partial charge in [0.15, 0.2) is 0 Å². The molecule has 0 aliphatic rings. The molecule has 0 rings (SSSR count). The first-order valence-electron chi connectivity index (χ1n) is 2.98. The van der Waals surface area contributed by atoms with E-state index in [1.165, 1.54) is 0 Å². The molecule has 0 heteroatoms. The largest absolute Gasteiger partial charge is 0.0619 e. The molecular weight excluding hydrogens is 96.1 g/mol. The number of hydrogen-bond donors (Lipinski definition) is 0. The summed E-state index contributed by atoms with van der Waals surface area (Å²) >= 11 is 0. The van der Waals surface area contributed by atoms with Crippen LogP contribution in [0.1, 0.15) is 27.2 Å². The maximum atomic E-state index is 7.19. The highest BCUT2D eigenvalue weighted by molar-refractivity contribution is 4.73. The van der Waals surface area contributed by atoms with Crippen molar-refractivity contribution >= 4 is 0 Å². The minimum Gasteiger partial charge on any atom is -0.0619 e. The van der Waals surface area contributed by atoms with Crippen LogP contribution < -0.4 is 0 Å². The molecular formula is C8H14. The smallest absolute Gasteiger partial charge is 0.00595 e. The van der Waals surface area contributed by atoms with Gasteiger partial charge in [0.2, 0.25) is 0 Å². The first kappa shape index (κ1) is 8.00. The molecule has 0 saturated carbocycles. The molecule has 8 heavy (non-hydrogen) atoms. The van der Waals surface area contributed by atoms with E-state index >= 15 is 0 Å². The van der Waals surface area contributed by atoms with Gasteiger partial charge in [0.05, 0.1) is 0 Å². The van der Waals surface area contributed by atoms with Gasteiger partial charge in [-0.3, -0.25) is 0 Å². The fourth-order valence-corrected chi connectivity index (χ4v) is 0.829. The zero-order chi connectivity index (χ0) is 6.78. The van der Waals surface area contributed by atoms with E-state index in [0.29, 0.717) is 0 Å². The molecule has 0 N–H and O–H groups in total. The summed E-state index contributed by atoms with van der Waals surface area (Å²) in [5.74, 6) is 0.0301. The minimum absolute atomic E-state index is 0.0301. The average molecular weight is 110 g/mol. The third-order valence-corrected chi connectivity index (χ3v) is 0.859. The SMILES string of the molecule is [C]C(C)CC([CH2])(C)C. The maximum absolute atomic E-state index is 7.19. The Hall–Kier alpha value is 0. The molecule has 0 aromatic rings. The normalized spacial score (nSPS) is 12.8. The van der Waals surface area contributed by atoms with Gasteiger partial charge in [-0.05, 0) is 31.6 Å². The van der Waals surface area contributed by atoms with E-state index in [1.807, 2.05) is 6.92 Å². The summed E-state index contributed by atoms with van der Waals surface area (Å²) in [5.41, 5.74) is 0.0845. The molecule has 0 amide bonds. The molecule has 46 valence electrons. The van der Waals surface area contributed by atoms with E-state index in [9.17, 15) is 0 Å². The van der Waals surface area contributed by atoms with Gasteiger partial charge < -0.3 is 0 Å². The lowest BCUT2D eigenvalue weighted by molar-refractivity contribution is 0.381. The van der Waals surface area contributed by atoms with Crippen LogP contribution in [0.2, 0.25) is 0 Å². The summed E-state index contributed by atoms with van der Waals surface area (Å²) in [4.78, 5) is 0. The van der Waals surface area contributed by atoms with Crippen LogP contribution in [-0.2, 0) is 0 Å². The Morgan fingerprint density at radius 3 is 2.00 bits per heavy atom. The van der Waals surface area contributed by atoms with E-state index in [4.69, 9.17) is 6.92 Å². The summed E-state index contributed by atoms with van der Waals surface area (Å²) in [6, 6.07) is 0. The Labute approximate surface area is 53.3 Å². The maximum Gasteiger partial charge on any atom is -0.00595 e. The average Bonchev–Trinajstić information content (AvgIpc) is 1.21. The topological polar surface area (TPSA) is 0 Å². The molecule has 0 aromatic heterocycles. The highest BCUT2D eigenvalue weighted by Crippen LogP contribution is 2.22. The van der Waals surface area contributed by atoms with Gasteiger partial charge in [-0.2, -0.15) is 0 Å². The van der Waals surface area contributed by atoms with Crippen LogP contribution >= 0.6 is 0 Å². The van der Waals surface area contributed by atoms with Gasteiger partial charge in [-0.25, -0.2) is 0 Å². The van der Waals surface area contributed by atoms with Crippen molar-refractivity contribution in [2.45, 2.75) is 27.2 Å². The van der Waals surface area contributed by atoms with Crippen LogP contribution in [0.3, 0.4) is 0 Å². The summed E-state index contributed by atoms with van der Waals surface area (Å²) in [7, 11) is 0. The van der Waals surface area contributed by atoms with Crippen LogP contribution in [0.5, 0.6) is 0 Å². The molecule has 0 heterocycles. The van der Waals surface area contributed by atoms with Crippen molar-refractivity contribution in [1.82, 2.24) is 0 Å². The van der Waals surface area contributed by atoms with Gasteiger partial charge in [0.1, 0.15) is 0 Å². The van der Waals surface area contributed by atoms with Gasteiger partial charge in [-0.15, -0.1) is 0 Å². The Bertz CT molecular complexity index is 54.9. The fourth-order valence-electron chi connectivity index (χ4n) is 0.829. The second kappa shape index (κ2) is 2.52. The van der Waals surface area contributed by atoms with Crippen molar-refractivity contribution in [2.24, 2.45) is 11.3 Å². The minimum atomic E-state index is 0.0301. The lowest BCUT2D eigenvalue weighted by Crippen LogP contribution is -2.08. The Kier molecular flexibility index (Phi) is 2.52. The molecule has 0 fully saturated rings. The van der Waals surface area contributed by atoms with Crippen molar-refractivity contribution in [3.63, 3.8) is 0 Å². The molecule has 0 bridgehead atoms. The highest BCUT2D eigenvalue weighted by atomic mass is 14.2. The van der Waals surface area contributed by atoms with E-state index in [1.54, 1.807) is 0 Å². The van der Waals surface area contributed by atoms with E-state index in [2.05, 4.69) is 20.8 Å². The summed E-state index contributed by atoms with van der Waals surface area (Å²) in [5, 5.41) is 0. The van der Waals surface area contributed by atoms with E-state index in [-0.39, 0.29) is 11.3 Å². The van der Waals surface area contributed by atoms with Crippen molar-refractivity contribution in [3.05, 3.63) is 13.8 Å². The molecule has 0 aliphatic carbocycles. The Morgan fingerprint density at radius 1 is 1.62 bits per heavy atom. The second-order valence-corrected chi connectivity index (χ2v) is 3.27. The first-order valence-corrected chi connectivity index (χ1v) is 2.98. The predicted molar refractivity (Wildman–Crippen MR) is 36.2 cm³/mol. The summed E-state index contributed by atoms with van der Waals surface area (Å²) in [6.45, 7) is 17.1. The molecule has 1 unspecified atom stereocenters. The zero-order valence-corrected chi connectivity index (χ0v) is 5.99. The van der Waals surface area contributed by atoms with Crippen LogP contribution in [-0.4, -0.2) is 0 Å². The van der Waals surface area contributed by atoms with E-state index < -0.39 is 0 Å². The second-order valence-electron chi connectivity index (χ2n) is 3.27. The summed E-state index contributed by atoms with van der Waals surface area (Å²) < 4.78 is 0. The lowest BCUT2D eigenvalue weighted by Gasteiger charge is -2.19. The predicted octanol–water partition coefficient (Wildman–Crippen LogP) is 2.46. The number of hydrogen-bond acceptors (Lipinski definition) is 0. The van der Waals surface area contributed by atoms with Crippen molar-refractivity contribution < 1.29 is 0 Å². The monoisotopic (exact) mass is 110 g/mol. The van der Waals surface area contributed by atoms with Gasteiger partial charge >= 0.3 is 0 Å². The molecule has 0 spiro atoms. The molecule has 0 saturated heterocycles. The number of rotatable bonds is 2. The molecule has 1 atom stereocenters. The molecule has 0 aliphatic heterocycles. The lowest BCUT2D eigenvalue weighted by atomic mass is 9.86. The van der Waals surface area contributed by atoms with E-state index in [0.717, 1.165) is 6.42 Å². The third-order valence-electron chi connectivity index (χ3n) is 0.859. The van der Waals surface area contributed by atoms with Gasteiger partial charge in [0, 0.05) is 0 Å². The van der Waals surface area contributed by atoms with Gasteiger partial charge in [-0.1, -0.05) is 20.8 Å². The molecule has 0 nitrogen and oxygen atoms in total. The standard InChI is InChI=1S/C8H14/c1-7(2)6-8(3,4)5/h7H,3,6H2,1,4-5H3. The zero-order valence-electron chi connectivity index (χ0n) is 5.99. The highest BCUT2D eigenvalue weighted by Gasteiger charge is 2.11. The Morgan fingerprint density at radius 2 is 2.00 bits per heavy atom. The van der Waals surface area contributed by atoms with Crippen molar-refractivity contribution in [3.8, 4) is 0 Å². The first-order chi connectivity index (χ1) is 3.42. The van der Waals surface area contributed by atoms with Crippen LogP contribution in [0.15, 0.2) is 0 Å². The van der Waals surface area contributed by atoms with Crippen molar-refractivity contribution in [1.29, 1.82) is 0 Å². The fraction of sp³-hybridized carbons (Fsp3) is 0.750. The Balaban J connectivity index is 3.39. The third kappa shape index (κ3) is 6.00. The molecule has 4 radical (unpaired) electrons. The van der Waals surface area contributed by atoms with Gasteiger partial charge in [0.25, 0.3) is 0 Å².